The first-order valence-corrected chi connectivity index (χ1v) is 16.8. The Bertz CT molecular complexity index is 1400. The molecule has 5 amide bonds. The van der Waals surface area contributed by atoms with Gasteiger partial charge in [-0.2, -0.15) is 0 Å². The Morgan fingerprint density at radius 3 is 2.43 bits per heavy atom. The molecule has 0 radical (unpaired) electrons. The van der Waals surface area contributed by atoms with Gasteiger partial charge >= 0.3 is 0 Å². The van der Waals surface area contributed by atoms with Crippen LogP contribution in [0.3, 0.4) is 0 Å². The molecule has 2 saturated heterocycles. The van der Waals surface area contributed by atoms with Gasteiger partial charge in [0.15, 0.2) is 0 Å². The van der Waals surface area contributed by atoms with Gasteiger partial charge in [-0.15, -0.1) is 0 Å². The Kier molecular flexibility index (Phi) is 12.2. The first kappa shape index (κ1) is 33.9. The fourth-order valence-electron chi connectivity index (χ4n) is 6.41. The molecule has 12 heteroatoms. The summed E-state index contributed by atoms with van der Waals surface area (Å²) >= 11 is 0. The summed E-state index contributed by atoms with van der Waals surface area (Å²) in [5.74, 6) is -1.84. The van der Waals surface area contributed by atoms with Gasteiger partial charge in [0.1, 0.15) is 23.9 Å². The number of hydrogen-bond donors (Lipinski definition) is 4. The van der Waals surface area contributed by atoms with Crippen LogP contribution >= 0.6 is 0 Å². The van der Waals surface area contributed by atoms with Crippen molar-refractivity contribution in [2.24, 2.45) is 0 Å². The largest absolute Gasteiger partial charge is 0.493 e. The molecule has 0 saturated carbocycles. The standard InChI is InChI=1S/C35H46N6O6/c42-31-24-28(34(45)37-17-21-40-18-7-2-8-19-40)38-32(43)26-13-5-6-15-30(26)47-22-10-16-36-33(44)27(23-25-11-3-1-4-12-25)39-35(46)29-14-9-20-41(29)31/h1,3-6,11-13,15,27-29H,2,7-10,14,16-24H2,(H,36,44)(H,37,45)(H,38,43)(H,39,46)/t27-,28-,29-/m0/s1. The van der Waals surface area contributed by atoms with E-state index in [1.165, 1.54) is 11.3 Å². The number of benzene rings is 2. The second kappa shape index (κ2) is 16.9. The predicted octanol–water partition coefficient (Wildman–Crippen LogP) is 1.39. The van der Waals surface area contributed by atoms with Gasteiger partial charge in [-0.25, -0.2) is 0 Å². The highest BCUT2D eigenvalue weighted by Crippen LogP contribution is 2.22. The molecule has 2 aromatic carbocycles. The number of hydrogen-bond acceptors (Lipinski definition) is 7. The van der Waals surface area contributed by atoms with Crippen LogP contribution in [0.4, 0.5) is 0 Å². The molecule has 47 heavy (non-hydrogen) atoms. The number of rotatable bonds is 6. The molecule has 0 aromatic heterocycles. The molecule has 2 aromatic rings. The van der Waals surface area contributed by atoms with E-state index in [0.717, 1.165) is 31.5 Å². The van der Waals surface area contributed by atoms with Crippen molar-refractivity contribution >= 4 is 29.5 Å². The second-order valence-corrected chi connectivity index (χ2v) is 12.4. The van der Waals surface area contributed by atoms with E-state index >= 15 is 0 Å². The number of nitrogens with one attached hydrogen (secondary N) is 4. The van der Waals surface area contributed by atoms with E-state index in [1.807, 2.05) is 30.3 Å². The van der Waals surface area contributed by atoms with E-state index in [9.17, 15) is 24.0 Å². The third-order valence-electron chi connectivity index (χ3n) is 8.98. The van der Waals surface area contributed by atoms with Crippen molar-refractivity contribution in [1.29, 1.82) is 0 Å². The van der Waals surface area contributed by atoms with Crippen LogP contribution in [0.5, 0.6) is 5.75 Å². The predicted molar refractivity (Wildman–Crippen MR) is 176 cm³/mol. The van der Waals surface area contributed by atoms with Gasteiger partial charge in [0.05, 0.1) is 18.6 Å². The lowest BCUT2D eigenvalue weighted by Gasteiger charge is -2.29. The number of para-hydroxylation sites is 1. The van der Waals surface area contributed by atoms with Crippen molar-refractivity contribution in [1.82, 2.24) is 31.1 Å². The fraction of sp³-hybridized carbons (Fsp3) is 0.514. The topological polar surface area (TPSA) is 149 Å². The van der Waals surface area contributed by atoms with Crippen molar-refractivity contribution in [2.45, 2.75) is 69.5 Å². The molecule has 3 atom stereocenters. The van der Waals surface area contributed by atoms with Gasteiger partial charge < -0.3 is 35.8 Å². The minimum absolute atomic E-state index is 0.218. The monoisotopic (exact) mass is 646 g/mol. The third-order valence-corrected chi connectivity index (χ3v) is 8.98. The highest BCUT2D eigenvalue weighted by Gasteiger charge is 2.38. The van der Waals surface area contributed by atoms with Crippen LogP contribution in [-0.4, -0.2) is 103 Å². The van der Waals surface area contributed by atoms with Crippen molar-refractivity contribution < 1.29 is 28.7 Å². The van der Waals surface area contributed by atoms with E-state index in [1.54, 1.807) is 24.3 Å². The van der Waals surface area contributed by atoms with Crippen LogP contribution in [0.1, 0.15) is 60.9 Å². The zero-order chi connectivity index (χ0) is 33.0. The van der Waals surface area contributed by atoms with Crippen LogP contribution in [0.2, 0.25) is 0 Å². The van der Waals surface area contributed by atoms with Crippen molar-refractivity contribution in [3.8, 4) is 5.75 Å². The average molecular weight is 647 g/mol. The van der Waals surface area contributed by atoms with Crippen LogP contribution in [-0.2, 0) is 25.6 Å². The molecular formula is C35H46N6O6. The lowest BCUT2D eigenvalue weighted by atomic mass is 10.0. The van der Waals surface area contributed by atoms with Crippen LogP contribution in [0.15, 0.2) is 54.6 Å². The maximum absolute atomic E-state index is 13.8. The molecule has 12 nitrogen and oxygen atoms in total. The molecule has 0 unspecified atom stereocenters. The molecule has 5 rings (SSSR count). The van der Waals surface area contributed by atoms with Crippen molar-refractivity contribution in [3.05, 3.63) is 65.7 Å². The normalized spacial score (nSPS) is 23.6. The average Bonchev–Trinajstić information content (AvgIpc) is 3.59. The smallest absolute Gasteiger partial charge is 0.255 e. The highest BCUT2D eigenvalue weighted by molar-refractivity contribution is 6.01. The summed E-state index contributed by atoms with van der Waals surface area (Å²) in [6, 6.07) is 13.4. The Morgan fingerprint density at radius 2 is 1.62 bits per heavy atom. The number of amides is 5. The van der Waals surface area contributed by atoms with E-state index < -0.39 is 41.8 Å². The van der Waals surface area contributed by atoms with E-state index in [4.69, 9.17) is 4.74 Å². The van der Waals surface area contributed by atoms with Gasteiger partial charge in [-0.05, 0) is 62.9 Å². The summed E-state index contributed by atoms with van der Waals surface area (Å²) in [7, 11) is 0. The Hall–Kier alpha value is -4.45. The number of nitrogens with zero attached hydrogens (tertiary/aromatic N) is 2. The molecule has 252 valence electrons. The van der Waals surface area contributed by atoms with Gasteiger partial charge in [-0.3, -0.25) is 24.0 Å². The quantitative estimate of drug-likeness (QED) is 0.371. The fourth-order valence-corrected chi connectivity index (χ4v) is 6.41. The number of carbonyl (C=O) groups excluding carboxylic acids is 5. The van der Waals surface area contributed by atoms with Crippen LogP contribution < -0.4 is 26.0 Å². The van der Waals surface area contributed by atoms with Crippen molar-refractivity contribution in [3.63, 3.8) is 0 Å². The highest BCUT2D eigenvalue weighted by atomic mass is 16.5. The second-order valence-electron chi connectivity index (χ2n) is 12.4. The Balaban J connectivity index is 1.36. The molecule has 4 N–H and O–H groups in total. The molecule has 0 spiro atoms. The van der Waals surface area contributed by atoms with E-state index in [2.05, 4.69) is 26.2 Å². The van der Waals surface area contributed by atoms with Crippen LogP contribution in [0, 0.1) is 0 Å². The first-order valence-electron chi connectivity index (χ1n) is 16.8. The first-order chi connectivity index (χ1) is 22.9. The summed E-state index contributed by atoms with van der Waals surface area (Å²) in [6.07, 6.45) is 4.93. The maximum atomic E-state index is 13.8. The zero-order valence-corrected chi connectivity index (χ0v) is 26.9. The summed E-state index contributed by atoms with van der Waals surface area (Å²) in [5.41, 5.74) is 1.12. The molecule has 3 aliphatic rings. The molecule has 3 heterocycles. The van der Waals surface area contributed by atoms with Gasteiger partial charge in [0.25, 0.3) is 5.91 Å². The SMILES string of the molecule is O=C1N[C@H](C(=O)NCCN2CCCCC2)CC(=O)N2CCC[C@H]2C(=O)N[C@@H](Cc2ccccc2)C(=O)NCCCOc2ccccc21. The Labute approximate surface area is 276 Å². The van der Waals surface area contributed by atoms with Gasteiger partial charge in [0, 0.05) is 32.6 Å². The summed E-state index contributed by atoms with van der Waals surface area (Å²) in [4.78, 5) is 71.5. The van der Waals surface area contributed by atoms with Gasteiger partial charge in [0.2, 0.25) is 23.6 Å². The van der Waals surface area contributed by atoms with Crippen molar-refractivity contribution in [2.75, 3.05) is 45.9 Å². The Morgan fingerprint density at radius 1 is 0.851 bits per heavy atom. The van der Waals surface area contributed by atoms with Crippen LogP contribution in [0.25, 0.3) is 0 Å². The van der Waals surface area contributed by atoms with Gasteiger partial charge in [-0.1, -0.05) is 48.9 Å². The molecule has 2 fully saturated rings. The molecule has 3 aliphatic heterocycles. The van der Waals surface area contributed by atoms with E-state index in [-0.39, 0.29) is 30.9 Å². The maximum Gasteiger partial charge on any atom is 0.255 e. The molecule has 0 aliphatic carbocycles. The van der Waals surface area contributed by atoms with E-state index in [0.29, 0.717) is 51.2 Å². The molecular weight excluding hydrogens is 600 g/mol. The number of carbonyl (C=O) groups is 5. The molecule has 0 bridgehead atoms. The lowest BCUT2D eigenvalue weighted by molar-refractivity contribution is -0.140. The number of fused-ring (bicyclic) bond motifs is 2. The number of piperidine rings is 1. The number of ether oxygens (including phenoxy) is 1. The minimum Gasteiger partial charge on any atom is -0.493 e. The minimum atomic E-state index is -1.16. The lowest BCUT2D eigenvalue weighted by Crippen LogP contribution is -2.55. The number of likely N-dealkylation sites (tertiary alicyclic amines) is 1. The summed E-state index contributed by atoms with van der Waals surface area (Å²) < 4.78 is 5.92. The summed E-state index contributed by atoms with van der Waals surface area (Å²) in [6.45, 7) is 3.88. The third kappa shape index (κ3) is 9.54. The zero-order valence-electron chi connectivity index (χ0n) is 26.9. The summed E-state index contributed by atoms with van der Waals surface area (Å²) in [5, 5.41) is 11.5.